The lowest BCUT2D eigenvalue weighted by Crippen LogP contribution is -2.15. The molecule has 2 aromatic rings. The molecule has 1 aromatic heterocycles. The molecule has 21 heavy (non-hydrogen) atoms. The zero-order valence-corrected chi connectivity index (χ0v) is 11.4. The Hall–Kier alpha value is -2.37. The quantitative estimate of drug-likeness (QED) is 0.940. The lowest BCUT2D eigenvalue weighted by Gasteiger charge is -2.17. The zero-order valence-electron chi connectivity index (χ0n) is 11.4. The van der Waals surface area contributed by atoms with Crippen LogP contribution in [0.4, 0.5) is 4.39 Å². The molecule has 1 aliphatic heterocycles. The molecule has 0 saturated heterocycles. The number of ether oxygens (including phenoxy) is 1. The highest BCUT2D eigenvalue weighted by Crippen LogP contribution is 2.22. The highest BCUT2D eigenvalue weighted by atomic mass is 19.1. The average Bonchev–Trinajstić information content (AvgIpc) is 2.84. The van der Waals surface area contributed by atoms with Gasteiger partial charge in [0.25, 0.3) is 0 Å². The van der Waals surface area contributed by atoms with E-state index in [0.29, 0.717) is 18.0 Å². The van der Waals surface area contributed by atoms with Crippen LogP contribution in [0.5, 0.6) is 5.75 Å². The highest BCUT2D eigenvalue weighted by Gasteiger charge is 2.24. The van der Waals surface area contributed by atoms with Crippen molar-refractivity contribution < 1.29 is 19.0 Å². The van der Waals surface area contributed by atoms with Crippen LogP contribution in [0.25, 0.3) is 0 Å². The first kappa shape index (κ1) is 13.6. The Morgan fingerprint density at radius 2 is 2.29 bits per heavy atom. The summed E-state index contributed by atoms with van der Waals surface area (Å²) in [6.45, 7) is 0.876. The number of carbonyl (C=O) groups is 1. The van der Waals surface area contributed by atoms with Gasteiger partial charge in [0.2, 0.25) is 0 Å². The van der Waals surface area contributed by atoms with Crippen LogP contribution in [0.1, 0.15) is 34.8 Å². The number of aromatic nitrogens is 2. The maximum Gasteiger partial charge on any atom is 0.356 e. The summed E-state index contributed by atoms with van der Waals surface area (Å²) in [5.41, 5.74) is 0.860. The van der Waals surface area contributed by atoms with Crippen molar-refractivity contribution in [3.05, 3.63) is 47.3 Å². The van der Waals surface area contributed by atoms with Crippen molar-refractivity contribution in [2.24, 2.45) is 0 Å². The van der Waals surface area contributed by atoms with E-state index in [9.17, 15) is 14.3 Å². The van der Waals surface area contributed by atoms with Gasteiger partial charge in [-0.3, -0.25) is 0 Å². The van der Waals surface area contributed by atoms with Crippen molar-refractivity contribution in [1.82, 2.24) is 9.55 Å². The Balaban J connectivity index is 1.84. The Morgan fingerprint density at radius 1 is 1.43 bits per heavy atom. The third-order valence-corrected chi connectivity index (χ3v) is 3.56. The molecule has 0 radical (unpaired) electrons. The number of halogens is 1. The lowest BCUT2D eigenvalue weighted by atomic mass is 10.1. The highest BCUT2D eigenvalue weighted by molar-refractivity contribution is 5.86. The van der Waals surface area contributed by atoms with Crippen LogP contribution in [-0.4, -0.2) is 20.6 Å². The molecule has 3 rings (SSSR count). The molecule has 0 saturated carbocycles. The second kappa shape index (κ2) is 5.55. The molecule has 6 heteroatoms. The number of hydrogen-bond donors (Lipinski definition) is 1. The first-order chi connectivity index (χ1) is 10.1. The van der Waals surface area contributed by atoms with E-state index in [0.717, 1.165) is 25.1 Å². The van der Waals surface area contributed by atoms with E-state index in [4.69, 9.17) is 4.74 Å². The fourth-order valence-electron chi connectivity index (χ4n) is 2.60. The summed E-state index contributed by atoms with van der Waals surface area (Å²) in [6, 6.07) is 5.85. The predicted octanol–water partition coefficient (Wildman–Crippen LogP) is 2.64. The largest absolute Gasteiger partial charge is 0.486 e. The van der Waals surface area contributed by atoms with Gasteiger partial charge < -0.3 is 14.4 Å². The number of nitrogens with zero attached hydrogens (tertiary/aromatic N) is 2. The molecule has 0 fully saturated rings. The topological polar surface area (TPSA) is 64.3 Å². The van der Waals surface area contributed by atoms with E-state index in [1.807, 2.05) is 4.57 Å². The number of aromatic carboxylic acids is 1. The standard InChI is InChI=1S/C15H15FN2O3/c16-10-4-3-5-11(8-10)21-9-13-17-14(15(19)20)12-6-1-2-7-18(12)13/h3-5,8H,1-2,6-7,9H2,(H,19,20). The van der Waals surface area contributed by atoms with Crippen LogP contribution in [0, 0.1) is 5.82 Å². The summed E-state index contributed by atoms with van der Waals surface area (Å²) >= 11 is 0. The monoisotopic (exact) mass is 290 g/mol. The molecule has 1 aromatic carbocycles. The Labute approximate surface area is 121 Å². The maximum atomic E-state index is 13.1. The summed E-state index contributed by atoms with van der Waals surface area (Å²) in [5, 5.41) is 9.21. The van der Waals surface area contributed by atoms with Crippen LogP contribution < -0.4 is 4.74 Å². The van der Waals surface area contributed by atoms with E-state index in [1.54, 1.807) is 12.1 Å². The first-order valence-electron chi connectivity index (χ1n) is 6.85. The van der Waals surface area contributed by atoms with E-state index < -0.39 is 5.97 Å². The van der Waals surface area contributed by atoms with Gasteiger partial charge in [0, 0.05) is 12.6 Å². The number of carboxylic acid groups (broad SMARTS) is 1. The summed E-state index contributed by atoms with van der Waals surface area (Å²) < 4.78 is 20.5. The van der Waals surface area contributed by atoms with Gasteiger partial charge in [0.05, 0.1) is 5.69 Å². The van der Waals surface area contributed by atoms with E-state index >= 15 is 0 Å². The van der Waals surface area contributed by atoms with Crippen molar-refractivity contribution in [2.45, 2.75) is 32.4 Å². The SMILES string of the molecule is O=C(O)c1nc(COc2cccc(F)c2)n2c1CCCC2. The number of imidazole rings is 1. The predicted molar refractivity (Wildman–Crippen MR) is 72.9 cm³/mol. The van der Waals surface area contributed by atoms with E-state index in [2.05, 4.69) is 4.98 Å². The molecular weight excluding hydrogens is 275 g/mol. The molecule has 110 valence electrons. The Morgan fingerprint density at radius 3 is 3.05 bits per heavy atom. The number of benzene rings is 1. The van der Waals surface area contributed by atoms with Gasteiger partial charge in [-0.2, -0.15) is 0 Å². The molecular formula is C15H15FN2O3. The van der Waals surface area contributed by atoms with Crippen molar-refractivity contribution in [1.29, 1.82) is 0 Å². The van der Waals surface area contributed by atoms with Gasteiger partial charge in [-0.05, 0) is 31.4 Å². The summed E-state index contributed by atoms with van der Waals surface area (Å²) in [5.74, 6) is -0.409. The minimum Gasteiger partial charge on any atom is -0.486 e. The fourth-order valence-corrected chi connectivity index (χ4v) is 2.60. The van der Waals surface area contributed by atoms with Crippen molar-refractivity contribution in [3.8, 4) is 5.75 Å². The normalized spacial score (nSPS) is 13.8. The van der Waals surface area contributed by atoms with Crippen LogP contribution >= 0.6 is 0 Å². The minimum atomic E-state index is -1.02. The molecule has 0 aliphatic carbocycles. The molecule has 2 heterocycles. The maximum absolute atomic E-state index is 13.1. The number of fused-ring (bicyclic) bond motifs is 1. The molecule has 5 nitrogen and oxygen atoms in total. The zero-order chi connectivity index (χ0) is 14.8. The van der Waals surface area contributed by atoms with Gasteiger partial charge in [-0.1, -0.05) is 6.07 Å². The first-order valence-corrected chi connectivity index (χ1v) is 6.85. The smallest absolute Gasteiger partial charge is 0.356 e. The third-order valence-electron chi connectivity index (χ3n) is 3.56. The molecule has 0 amide bonds. The minimum absolute atomic E-state index is 0.104. The Kier molecular flexibility index (Phi) is 3.60. The number of hydrogen-bond acceptors (Lipinski definition) is 3. The molecule has 1 aliphatic rings. The van der Waals surface area contributed by atoms with Crippen molar-refractivity contribution in [3.63, 3.8) is 0 Å². The summed E-state index contributed by atoms with van der Waals surface area (Å²) in [4.78, 5) is 15.4. The fraction of sp³-hybridized carbons (Fsp3) is 0.333. The summed E-state index contributed by atoms with van der Waals surface area (Å²) in [6.07, 6.45) is 2.68. The van der Waals surface area contributed by atoms with Gasteiger partial charge in [0.15, 0.2) is 5.69 Å². The third kappa shape index (κ3) is 2.74. The molecule has 1 N–H and O–H groups in total. The van der Waals surface area contributed by atoms with Crippen LogP contribution in [0.2, 0.25) is 0 Å². The van der Waals surface area contributed by atoms with E-state index in [-0.39, 0.29) is 18.1 Å². The van der Waals surface area contributed by atoms with Gasteiger partial charge in [-0.25, -0.2) is 14.2 Å². The van der Waals surface area contributed by atoms with Gasteiger partial charge in [-0.15, -0.1) is 0 Å². The van der Waals surface area contributed by atoms with Crippen molar-refractivity contribution in [2.75, 3.05) is 0 Å². The lowest BCUT2D eigenvalue weighted by molar-refractivity contribution is 0.0689. The van der Waals surface area contributed by atoms with Crippen LogP contribution in [0.3, 0.4) is 0 Å². The van der Waals surface area contributed by atoms with Crippen LogP contribution in [-0.2, 0) is 19.6 Å². The molecule has 0 unspecified atom stereocenters. The van der Waals surface area contributed by atoms with Crippen LogP contribution in [0.15, 0.2) is 24.3 Å². The molecule has 0 bridgehead atoms. The summed E-state index contributed by atoms with van der Waals surface area (Å²) in [7, 11) is 0. The second-order valence-corrected chi connectivity index (χ2v) is 4.98. The Bertz CT molecular complexity index is 682. The van der Waals surface area contributed by atoms with E-state index in [1.165, 1.54) is 12.1 Å². The number of carboxylic acids is 1. The molecule has 0 atom stereocenters. The second-order valence-electron chi connectivity index (χ2n) is 4.98. The van der Waals surface area contributed by atoms with Crippen molar-refractivity contribution >= 4 is 5.97 Å². The van der Waals surface area contributed by atoms with Gasteiger partial charge >= 0.3 is 5.97 Å². The average molecular weight is 290 g/mol. The van der Waals surface area contributed by atoms with Gasteiger partial charge in [0.1, 0.15) is 24.0 Å². The number of rotatable bonds is 4. The molecule has 0 spiro atoms.